The number of carbonyl (C=O) groups excluding carboxylic acids is 2. The molecule has 0 aromatic carbocycles. The zero-order chi connectivity index (χ0) is 23.7. The number of rotatable bonds is 12. The molecule has 0 spiro atoms. The molecule has 0 bridgehead atoms. The average molecular weight is 419 g/mol. The molecule has 0 aromatic heterocycles. The van der Waals surface area contributed by atoms with E-state index >= 15 is 0 Å². The first kappa shape index (κ1) is 32.5. The Hall–Kier alpha value is -1.14. The molecule has 0 aliphatic heterocycles. The summed E-state index contributed by atoms with van der Waals surface area (Å²) >= 11 is 0. The first-order valence-corrected chi connectivity index (χ1v) is 11.6. The van der Waals surface area contributed by atoms with Gasteiger partial charge in [-0.1, -0.05) is 13.8 Å². The second-order valence-electron chi connectivity index (χ2n) is 7.77. The topological polar surface area (TPSA) is 80.3 Å². The first-order valence-electron chi connectivity index (χ1n) is 11.6. The third-order valence-corrected chi connectivity index (χ3v) is 7.12. The van der Waals surface area contributed by atoms with E-state index in [1.165, 1.54) is 61.1 Å². The molecule has 0 fully saturated rings. The summed E-state index contributed by atoms with van der Waals surface area (Å²) in [5.74, 6) is -3.25. The largest absolute Gasteiger partial charge is 0.550 e. The number of carboxylic acids is 2. The normalized spacial score (nSPS) is 13.3. The fraction of sp³-hybridized carbons (Fsp3) is 0.913. The predicted octanol–water partition coefficient (Wildman–Crippen LogP) is 2.20. The minimum absolute atomic E-state index is 0.829. The van der Waals surface area contributed by atoms with Crippen LogP contribution in [-0.4, -0.2) is 72.3 Å². The second-order valence-corrected chi connectivity index (χ2v) is 7.77. The maximum atomic E-state index is 9.28. The van der Waals surface area contributed by atoms with Gasteiger partial charge in [-0.25, -0.2) is 0 Å². The van der Waals surface area contributed by atoms with Gasteiger partial charge < -0.3 is 28.8 Å². The van der Waals surface area contributed by atoms with Gasteiger partial charge in [0.05, 0.1) is 51.4 Å². The average Bonchev–Trinajstić information content (AvgIpc) is 2.70. The Bertz CT molecular complexity index is 365. The van der Waals surface area contributed by atoms with Crippen molar-refractivity contribution in [2.45, 2.75) is 101 Å². The van der Waals surface area contributed by atoms with Gasteiger partial charge in [-0.15, -0.1) is 0 Å². The monoisotopic (exact) mass is 418 g/mol. The minimum Gasteiger partial charge on any atom is -0.550 e. The van der Waals surface area contributed by atoms with Crippen LogP contribution >= 0.6 is 0 Å². The molecule has 2 unspecified atom stereocenters. The number of hydrogen-bond donors (Lipinski definition) is 0. The van der Waals surface area contributed by atoms with E-state index in [1.54, 1.807) is 0 Å². The molecular weight excluding hydrogens is 368 g/mol. The molecule has 0 aromatic rings. The SMILES string of the molecule is CCC(C)[N+](CC)(CC)CC.CCC(C)[N+](CC)(CC)CC.O=C([O-])CC(=O)[O-]. The van der Waals surface area contributed by atoms with Crippen LogP contribution in [0, 0.1) is 0 Å². The summed E-state index contributed by atoms with van der Waals surface area (Å²) < 4.78 is 2.58. The van der Waals surface area contributed by atoms with Crippen LogP contribution in [-0.2, 0) is 9.59 Å². The van der Waals surface area contributed by atoms with Gasteiger partial charge >= 0.3 is 0 Å². The molecule has 0 saturated heterocycles. The van der Waals surface area contributed by atoms with Gasteiger partial charge in [0.1, 0.15) is 0 Å². The van der Waals surface area contributed by atoms with E-state index in [-0.39, 0.29) is 0 Å². The molecule has 2 atom stereocenters. The van der Waals surface area contributed by atoms with Crippen LogP contribution in [0.5, 0.6) is 0 Å². The van der Waals surface area contributed by atoms with Gasteiger partial charge in [0.25, 0.3) is 0 Å². The summed E-state index contributed by atoms with van der Waals surface area (Å²) in [6.07, 6.45) is 1.57. The van der Waals surface area contributed by atoms with Crippen LogP contribution < -0.4 is 10.2 Å². The number of aliphatic carboxylic acids is 2. The molecule has 176 valence electrons. The number of carboxylic acid groups (broad SMARTS) is 2. The molecule has 0 N–H and O–H groups in total. The highest BCUT2D eigenvalue weighted by Gasteiger charge is 2.27. The smallest absolute Gasteiger partial charge is 0.0858 e. The Morgan fingerprint density at radius 3 is 0.828 bits per heavy atom. The van der Waals surface area contributed by atoms with Crippen molar-refractivity contribution in [3.05, 3.63) is 0 Å². The van der Waals surface area contributed by atoms with Crippen LogP contribution in [0.25, 0.3) is 0 Å². The van der Waals surface area contributed by atoms with Crippen LogP contribution in [0.2, 0.25) is 0 Å². The van der Waals surface area contributed by atoms with E-state index in [2.05, 4.69) is 69.2 Å². The lowest BCUT2D eigenvalue weighted by atomic mass is 10.1. The summed E-state index contributed by atoms with van der Waals surface area (Å²) in [5, 5.41) is 18.6. The van der Waals surface area contributed by atoms with Crippen molar-refractivity contribution in [1.29, 1.82) is 0 Å². The number of carbonyl (C=O) groups is 2. The number of quaternary nitrogens is 2. The zero-order valence-corrected chi connectivity index (χ0v) is 21.0. The van der Waals surface area contributed by atoms with Gasteiger partial charge in [-0.2, -0.15) is 0 Å². The molecular formula is C23H50N2O4. The molecule has 0 heterocycles. The Morgan fingerprint density at radius 1 is 0.586 bits per heavy atom. The highest BCUT2D eigenvalue weighted by Crippen LogP contribution is 2.16. The standard InChI is InChI=1S/2C10H24N.C3H4O4/c2*1-6-10(5)11(7-2,8-3)9-4;4-2(5)1-3(6)7/h2*10H,6-9H2,1-5H3;1H2,(H,4,5)(H,6,7)/q2*+1;/p-2. The van der Waals surface area contributed by atoms with Crippen LogP contribution in [0.4, 0.5) is 0 Å². The molecule has 0 aliphatic carbocycles. The predicted molar refractivity (Wildman–Crippen MR) is 118 cm³/mol. The highest BCUT2D eigenvalue weighted by atomic mass is 16.4. The van der Waals surface area contributed by atoms with E-state index < -0.39 is 18.4 Å². The molecule has 0 rings (SSSR count). The van der Waals surface area contributed by atoms with Crippen molar-refractivity contribution in [2.24, 2.45) is 0 Å². The first-order chi connectivity index (χ1) is 13.5. The van der Waals surface area contributed by atoms with Gasteiger partial charge in [-0.3, -0.25) is 0 Å². The lowest BCUT2D eigenvalue weighted by Crippen LogP contribution is -2.53. The van der Waals surface area contributed by atoms with E-state index in [1.807, 2.05) is 0 Å². The summed E-state index contributed by atoms with van der Waals surface area (Å²) in [6, 6.07) is 1.66. The Morgan fingerprint density at radius 2 is 0.793 bits per heavy atom. The maximum Gasteiger partial charge on any atom is 0.0858 e. The molecule has 0 aliphatic rings. The van der Waals surface area contributed by atoms with E-state index in [4.69, 9.17) is 0 Å². The van der Waals surface area contributed by atoms with Crippen LogP contribution in [0.15, 0.2) is 0 Å². The summed E-state index contributed by atoms with van der Waals surface area (Å²) in [7, 11) is 0. The van der Waals surface area contributed by atoms with Gasteiger partial charge in [0.15, 0.2) is 0 Å². The van der Waals surface area contributed by atoms with Crippen molar-refractivity contribution >= 4 is 11.9 Å². The summed E-state index contributed by atoms with van der Waals surface area (Å²) in [5.41, 5.74) is 0. The molecule has 6 heteroatoms. The number of hydrogen-bond acceptors (Lipinski definition) is 4. The molecule has 0 amide bonds. The van der Waals surface area contributed by atoms with Gasteiger partial charge in [-0.05, 0) is 68.2 Å². The van der Waals surface area contributed by atoms with E-state index in [0.29, 0.717) is 0 Å². The molecule has 0 saturated carbocycles. The molecule has 29 heavy (non-hydrogen) atoms. The van der Waals surface area contributed by atoms with Gasteiger partial charge in [0.2, 0.25) is 0 Å². The Balaban J connectivity index is -0.000000360. The fourth-order valence-electron chi connectivity index (χ4n) is 4.10. The van der Waals surface area contributed by atoms with Crippen molar-refractivity contribution in [3.8, 4) is 0 Å². The van der Waals surface area contributed by atoms with Crippen LogP contribution in [0.3, 0.4) is 0 Å². The molecule has 0 radical (unpaired) electrons. The van der Waals surface area contributed by atoms with Crippen molar-refractivity contribution in [3.63, 3.8) is 0 Å². The van der Waals surface area contributed by atoms with Crippen molar-refractivity contribution in [1.82, 2.24) is 0 Å². The van der Waals surface area contributed by atoms with Crippen molar-refractivity contribution in [2.75, 3.05) is 39.3 Å². The summed E-state index contributed by atoms with van der Waals surface area (Å²) in [6.45, 7) is 30.8. The maximum absolute atomic E-state index is 9.28. The van der Waals surface area contributed by atoms with E-state index in [9.17, 15) is 19.8 Å². The molecule has 6 nitrogen and oxygen atoms in total. The lowest BCUT2D eigenvalue weighted by Gasteiger charge is -2.41. The van der Waals surface area contributed by atoms with E-state index in [0.717, 1.165) is 12.1 Å². The zero-order valence-electron chi connectivity index (χ0n) is 21.0. The Labute approximate surface area is 181 Å². The van der Waals surface area contributed by atoms with Crippen molar-refractivity contribution < 1.29 is 28.8 Å². The highest BCUT2D eigenvalue weighted by molar-refractivity contribution is 5.86. The fourth-order valence-corrected chi connectivity index (χ4v) is 4.10. The van der Waals surface area contributed by atoms with Crippen LogP contribution in [0.1, 0.15) is 88.5 Å². The Kier molecular flexibility index (Phi) is 19.8. The van der Waals surface area contributed by atoms with Gasteiger partial charge in [0, 0.05) is 18.4 Å². The minimum atomic E-state index is -1.63. The second kappa shape index (κ2) is 17.7. The third kappa shape index (κ3) is 12.2. The lowest BCUT2D eigenvalue weighted by molar-refractivity contribution is -0.945. The quantitative estimate of drug-likeness (QED) is 0.359. The third-order valence-electron chi connectivity index (χ3n) is 7.12. The number of nitrogens with zero attached hydrogens (tertiary/aromatic N) is 2. The summed E-state index contributed by atoms with van der Waals surface area (Å²) in [4.78, 5) is 18.6.